The van der Waals surface area contributed by atoms with E-state index in [2.05, 4.69) is 0 Å². The van der Waals surface area contributed by atoms with E-state index < -0.39 is 18.0 Å². The van der Waals surface area contributed by atoms with Gasteiger partial charge in [0, 0.05) is 5.02 Å². The number of halogens is 1. The number of carbonyl (C=O) groups is 1. The van der Waals surface area contributed by atoms with Crippen LogP contribution in [-0.2, 0) is 4.79 Å². The Balaban J connectivity index is 2.92. The van der Waals surface area contributed by atoms with Gasteiger partial charge in [0.1, 0.15) is 0 Å². The summed E-state index contributed by atoms with van der Waals surface area (Å²) < 4.78 is 0. The second kappa shape index (κ2) is 5.52. The lowest BCUT2D eigenvalue weighted by molar-refractivity contribution is -0.144. The summed E-state index contributed by atoms with van der Waals surface area (Å²) in [6.45, 7) is 5.19. The van der Waals surface area contributed by atoms with Gasteiger partial charge in [0.2, 0.25) is 0 Å². The van der Waals surface area contributed by atoms with Gasteiger partial charge in [-0.05, 0) is 30.0 Å². The Kier molecular flexibility index (Phi) is 4.54. The Hall–Kier alpha value is -1.06. The number of aryl methyl sites for hydroxylation is 1. The van der Waals surface area contributed by atoms with E-state index >= 15 is 0 Å². The van der Waals surface area contributed by atoms with Crippen molar-refractivity contribution >= 4 is 17.6 Å². The molecule has 0 amide bonds. The fourth-order valence-corrected chi connectivity index (χ4v) is 1.78. The first-order valence-electron chi connectivity index (χ1n) is 5.51. The molecule has 0 aliphatic carbocycles. The molecule has 0 spiro atoms. The fraction of sp³-hybridized carbons (Fsp3) is 0.462. The molecule has 0 aliphatic heterocycles. The van der Waals surface area contributed by atoms with Gasteiger partial charge in [-0.25, -0.2) is 0 Å². The number of carboxylic acids is 1. The Morgan fingerprint density at radius 2 is 1.94 bits per heavy atom. The number of aliphatic carboxylic acids is 1. The number of aliphatic hydroxyl groups excluding tert-OH is 1. The van der Waals surface area contributed by atoms with Crippen LogP contribution >= 0.6 is 11.6 Å². The first-order valence-corrected chi connectivity index (χ1v) is 5.89. The maximum absolute atomic E-state index is 10.9. The van der Waals surface area contributed by atoms with E-state index in [-0.39, 0.29) is 5.92 Å². The van der Waals surface area contributed by atoms with Crippen LogP contribution in [0.3, 0.4) is 0 Å². The molecule has 0 bridgehead atoms. The minimum atomic E-state index is -0.908. The summed E-state index contributed by atoms with van der Waals surface area (Å²) in [5.41, 5.74) is 1.59. The lowest BCUT2D eigenvalue weighted by atomic mass is 9.87. The third kappa shape index (κ3) is 3.20. The first kappa shape index (κ1) is 14.0. The maximum atomic E-state index is 10.9. The summed E-state index contributed by atoms with van der Waals surface area (Å²) in [7, 11) is 0. The molecule has 94 valence electrons. The monoisotopic (exact) mass is 256 g/mol. The average Bonchev–Trinajstić information content (AvgIpc) is 2.29. The summed E-state index contributed by atoms with van der Waals surface area (Å²) in [5.74, 6) is -1.88. The molecule has 1 rings (SSSR count). The number of rotatable bonds is 4. The molecule has 0 aromatic heterocycles. The van der Waals surface area contributed by atoms with Crippen molar-refractivity contribution in [2.24, 2.45) is 11.8 Å². The van der Waals surface area contributed by atoms with Crippen molar-refractivity contribution < 1.29 is 15.0 Å². The molecule has 2 N–H and O–H groups in total. The molecular formula is C13H17ClO3. The molecule has 0 radical (unpaired) electrons. The smallest absolute Gasteiger partial charge is 0.306 e. The first-order chi connectivity index (χ1) is 7.84. The molecule has 0 fully saturated rings. The van der Waals surface area contributed by atoms with Crippen LogP contribution in [0, 0.1) is 18.8 Å². The molecular weight excluding hydrogens is 240 g/mol. The van der Waals surface area contributed by atoms with Crippen molar-refractivity contribution in [3.63, 3.8) is 0 Å². The van der Waals surface area contributed by atoms with Crippen LogP contribution in [0.2, 0.25) is 5.02 Å². The van der Waals surface area contributed by atoms with E-state index in [0.717, 1.165) is 5.56 Å². The predicted octanol–water partition coefficient (Wildman–Crippen LogP) is 3.04. The third-order valence-electron chi connectivity index (χ3n) is 3.21. The molecule has 4 heteroatoms. The molecule has 0 saturated carbocycles. The van der Waals surface area contributed by atoms with Crippen LogP contribution in [0.1, 0.15) is 31.1 Å². The van der Waals surface area contributed by atoms with Gasteiger partial charge in [0.25, 0.3) is 0 Å². The van der Waals surface area contributed by atoms with Gasteiger partial charge in [0.15, 0.2) is 0 Å². The van der Waals surface area contributed by atoms with Crippen molar-refractivity contribution in [2.75, 3.05) is 0 Å². The summed E-state index contributed by atoms with van der Waals surface area (Å²) in [6, 6.07) is 5.28. The number of benzene rings is 1. The van der Waals surface area contributed by atoms with Crippen molar-refractivity contribution in [3.05, 3.63) is 34.3 Å². The van der Waals surface area contributed by atoms with Gasteiger partial charge in [-0.2, -0.15) is 0 Å². The summed E-state index contributed by atoms with van der Waals surface area (Å²) in [4.78, 5) is 10.9. The zero-order valence-electron chi connectivity index (χ0n) is 10.1. The third-order valence-corrected chi connectivity index (χ3v) is 3.62. The van der Waals surface area contributed by atoms with Crippen molar-refractivity contribution in [2.45, 2.75) is 26.9 Å². The van der Waals surface area contributed by atoms with E-state index in [1.165, 1.54) is 0 Å². The molecule has 17 heavy (non-hydrogen) atoms. The Morgan fingerprint density at radius 1 is 1.35 bits per heavy atom. The number of aliphatic hydroxyl groups is 1. The second-order valence-corrected chi connectivity index (χ2v) is 4.85. The van der Waals surface area contributed by atoms with Crippen LogP contribution in [0.4, 0.5) is 0 Å². The number of hydrogen-bond donors (Lipinski definition) is 2. The molecule has 3 atom stereocenters. The highest BCUT2D eigenvalue weighted by atomic mass is 35.5. The topological polar surface area (TPSA) is 57.5 Å². The van der Waals surface area contributed by atoms with E-state index in [1.807, 2.05) is 13.0 Å². The van der Waals surface area contributed by atoms with E-state index in [0.29, 0.717) is 10.6 Å². The predicted molar refractivity (Wildman–Crippen MR) is 67.1 cm³/mol. The minimum Gasteiger partial charge on any atom is -0.481 e. The Labute approximate surface area is 106 Å². The quantitative estimate of drug-likeness (QED) is 0.871. The van der Waals surface area contributed by atoms with E-state index in [9.17, 15) is 9.90 Å². The van der Waals surface area contributed by atoms with E-state index in [4.69, 9.17) is 16.7 Å². The molecule has 0 heterocycles. The highest BCUT2D eigenvalue weighted by molar-refractivity contribution is 6.31. The Morgan fingerprint density at radius 3 is 2.41 bits per heavy atom. The van der Waals surface area contributed by atoms with Crippen molar-refractivity contribution in [3.8, 4) is 0 Å². The van der Waals surface area contributed by atoms with Gasteiger partial charge < -0.3 is 10.2 Å². The lowest BCUT2D eigenvalue weighted by Gasteiger charge is -2.23. The summed E-state index contributed by atoms with van der Waals surface area (Å²) >= 11 is 5.98. The van der Waals surface area contributed by atoms with Crippen molar-refractivity contribution in [1.82, 2.24) is 0 Å². The van der Waals surface area contributed by atoms with Gasteiger partial charge in [-0.1, -0.05) is 37.6 Å². The Bertz CT molecular complexity index is 417. The minimum absolute atomic E-state index is 0.369. The zero-order valence-corrected chi connectivity index (χ0v) is 10.9. The van der Waals surface area contributed by atoms with Gasteiger partial charge in [0.05, 0.1) is 12.0 Å². The second-order valence-electron chi connectivity index (χ2n) is 4.44. The summed E-state index contributed by atoms with van der Waals surface area (Å²) in [5, 5.41) is 19.6. The molecule has 1 aromatic rings. The van der Waals surface area contributed by atoms with Crippen LogP contribution in [0.15, 0.2) is 18.2 Å². The molecule has 3 nitrogen and oxygen atoms in total. The lowest BCUT2D eigenvalue weighted by Crippen LogP contribution is -2.23. The molecule has 0 saturated heterocycles. The van der Waals surface area contributed by atoms with Gasteiger partial charge in [-0.3, -0.25) is 4.79 Å². The number of carboxylic acid groups (broad SMARTS) is 1. The SMILES string of the molecule is Cc1ccc(C(O)C(C)C(C)C(=O)O)cc1Cl. The van der Waals surface area contributed by atoms with Gasteiger partial charge >= 0.3 is 5.97 Å². The molecule has 0 aliphatic rings. The fourth-order valence-electron chi connectivity index (χ4n) is 1.59. The van der Waals surface area contributed by atoms with Crippen LogP contribution in [-0.4, -0.2) is 16.2 Å². The maximum Gasteiger partial charge on any atom is 0.306 e. The van der Waals surface area contributed by atoms with Crippen LogP contribution in [0.5, 0.6) is 0 Å². The average molecular weight is 257 g/mol. The zero-order chi connectivity index (χ0) is 13.2. The highest BCUT2D eigenvalue weighted by Crippen LogP contribution is 2.30. The molecule has 1 aromatic carbocycles. The number of hydrogen-bond acceptors (Lipinski definition) is 2. The summed E-state index contributed by atoms with van der Waals surface area (Å²) in [6.07, 6.45) is -0.820. The highest BCUT2D eigenvalue weighted by Gasteiger charge is 2.27. The van der Waals surface area contributed by atoms with Crippen molar-refractivity contribution in [1.29, 1.82) is 0 Å². The van der Waals surface area contributed by atoms with Crippen LogP contribution in [0.25, 0.3) is 0 Å². The van der Waals surface area contributed by atoms with Crippen LogP contribution < -0.4 is 0 Å². The standard InChI is InChI=1S/C13H17ClO3/c1-7-4-5-10(6-11(7)14)12(15)8(2)9(3)13(16)17/h4-6,8-9,12,15H,1-3H3,(H,16,17). The van der Waals surface area contributed by atoms with Gasteiger partial charge in [-0.15, -0.1) is 0 Å². The molecule has 3 unspecified atom stereocenters. The normalized spacial score (nSPS) is 16.3. The largest absolute Gasteiger partial charge is 0.481 e. The van der Waals surface area contributed by atoms with E-state index in [1.54, 1.807) is 26.0 Å².